The molecule has 1 aromatic carbocycles. The van der Waals surface area contributed by atoms with Crippen molar-refractivity contribution < 1.29 is 14.3 Å². The molecule has 0 spiro atoms. The maximum absolute atomic E-state index is 13.6. The lowest BCUT2D eigenvalue weighted by Crippen LogP contribution is -2.38. The Morgan fingerprint density at radius 2 is 2.28 bits per heavy atom. The first kappa shape index (κ1) is 17.4. The molecule has 1 aliphatic heterocycles. The Morgan fingerprint density at radius 3 is 2.96 bits per heavy atom. The van der Waals surface area contributed by atoms with E-state index in [1.807, 2.05) is 19.4 Å². The van der Waals surface area contributed by atoms with Crippen molar-refractivity contribution in [1.82, 2.24) is 20.0 Å². The molecule has 1 aliphatic rings. The molecule has 3 rings (SSSR count). The van der Waals surface area contributed by atoms with E-state index in [0.29, 0.717) is 11.5 Å². The molecule has 2 N–H and O–H groups in total. The lowest BCUT2D eigenvalue weighted by molar-refractivity contribution is 0.206. The van der Waals surface area contributed by atoms with Gasteiger partial charge >= 0.3 is 6.03 Å². The minimum Gasteiger partial charge on any atom is -0.392 e. The molecule has 2 amide bonds. The van der Waals surface area contributed by atoms with Crippen molar-refractivity contribution in [3.63, 3.8) is 0 Å². The van der Waals surface area contributed by atoms with Gasteiger partial charge in [-0.3, -0.25) is 4.68 Å². The quantitative estimate of drug-likeness (QED) is 0.868. The maximum atomic E-state index is 13.6. The van der Waals surface area contributed by atoms with Gasteiger partial charge in [-0.15, -0.1) is 0 Å². The molecule has 0 bridgehead atoms. The summed E-state index contributed by atoms with van der Waals surface area (Å²) < 4.78 is 15.4. The summed E-state index contributed by atoms with van der Waals surface area (Å²) in [6.07, 6.45) is 5.77. The zero-order valence-corrected chi connectivity index (χ0v) is 14.3. The number of aromatic nitrogens is 2. The van der Waals surface area contributed by atoms with Crippen molar-refractivity contribution in [2.45, 2.75) is 26.0 Å². The number of benzene rings is 1. The van der Waals surface area contributed by atoms with Crippen LogP contribution in [0.1, 0.15) is 23.1 Å². The second-order valence-corrected chi connectivity index (χ2v) is 6.57. The molecular formula is C18H23FN4O2. The highest BCUT2D eigenvalue weighted by Gasteiger charge is 2.26. The number of hydrogen-bond acceptors (Lipinski definition) is 3. The molecule has 6 nitrogen and oxygen atoms in total. The molecule has 2 aromatic rings. The van der Waals surface area contributed by atoms with E-state index in [4.69, 9.17) is 5.11 Å². The minimum atomic E-state index is -0.452. The summed E-state index contributed by atoms with van der Waals surface area (Å²) >= 11 is 0. The Hall–Kier alpha value is -2.41. The fourth-order valence-corrected chi connectivity index (χ4v) is 3.21. The number of likely N-dealkylation sites (tertiary alicyclic amines) is 1. The van der Waals surface area contributed by atoms with E-state index in [2.05, 4.69) is 10.4 Å². The van der Waals surface area contributed by atoms with Crippen molar-refractivity contribution in [2.24, 2.45) is 13.0 Å². The van der Waals surface area contributed by atoms with Crippen LogP contribution in [0.2, 0.25) is 0 Å². The van der Waals surface area contributed by atoms with E-state index < -0.39 is 5.82 Å². The first-order valence-corrected chi connectivity index (χ1v) is 8.43. The second-order valence-electron chi connectivity index (χ2n) is 6.57. The smallest absolute Gasteiger partial charge is 0.317 e. The molecule has 0 saturated carbocycles. The monoisotopic (exact) mass is 346 g/mol. The highest BCUT2D eigenvalue weighted by molar-refractivity contribution is 5.74. The third-order valence-electron chi connectivity index (χ3n) is 4.59. The van der Waals surface area contributed by atoms with Crippen LogP contribution < -0.4 is 5.32 Å². The standard InChI is InChI=1S/C18H23FN4O2/c1-22-10-15(9-21-22)6-14-4-5-23(11-14)18(25)20-8-13-2-3-16(12-24)17(19)7-13/h2-3,7,9-10,14,24H,4-6,8,11-12H2,1H3,(H,20,25). The highest BCUT2D eigenvalue weighted by atomic mass is 19.1. The number of carbonyl (C=O) groups excluding carboxylic acids is 1. The van der Waals surface area contributed by atoms with Crippen LogP contribution in [0.3, 0.4) is 0 Å². The van der Waals surface area contributed by atoms with Crippen LogP contribution in [0.25, 0.3) is 0 Å². The van der Waals surface area contributed by atoms with Gasteiger partial charge in [0, 0.05) is 38.4 Å². The average Bonchev–Trinajstić information content (AvgIpc) is 3.22. The fraction of sp³-hybridized carbons (Fsp3) is 0.444. The van der Waals surface area contributed by atoms with Gasteiger partial charge in [-0.25, -0.2) is 9.18 Å². The van der Waals surface area contributed by atoms with Gasteiger partial charge in [0.1, 0.15) is 5.82 Å². The topological polar surface area (TPSA) is 70.4 Å². The molecule has 1 unspecified atom stereocenters. The molecule has 134 valence electrons. The number of halogens is 1. The number of aryl methyl sites for hydroxylation is 1. The van der Waals surface area contributed by atoms with Crippen molar-refractivity contribution in [3.05, 3.63) is 53.1 Å². The molecule has 1 atom stereocenters. The summed E-state index contributed by atoms with van der Waals surface area (Å²) in [6.45, 7) is 1.39. The minimum absolute atomic E-state index is 0.125. The van der Waals surface area contributed by atoms with Gasteiger partial charge in [0.2, 0.25) is 0 Å². The Kier molecular flexibility index (Phi) is 5.33. The van der Waals surface area contributed by atoms with E-state index in [-0.39, 0.29) is 24.7 Å². The average molecular weight is 346 g/mol. The number of hydrogen-bond donors (Lipinski definition) is 2. The van der Waals surface area contributed by atoms with E-state index in [0.717, 1.165) is 25.9 Å². The molecule has 1 saturated heterocycles. The second kappa shape index (κ2) is 7.65. The molecule has 2 heterocycles. The van der Waals surface area contributed by atoms with Gasteiger partial charge in [0.05, 0.1) is 12.8 Å². The van der Waals surface area contributed by atoms with Crippen LogP contribution in [-0.4, -0.2) is 38.9 Å². The highest BCUT2D eigenvalue weighted by Crippen LogP contribution is 2.20. The van der Waals surface area contributed by atoms with Crippen LogP contribution in [0.5, 0.6) is 0 Å². The van der Waals surface area contributed by atoms with E-state index in [1.165, 1.54) is 17.7 Å². The predicted octanol–water partition coefficient (Wildman–Crippen LogP) is 1.83. The summed E-state index contributed by atoms with van der Waals surface area (Å²) in [5.74, 6) is -0.0109. The number of nitrogens with zero attached hydrogens (tertiary/aromatic N) is 3. The van der Waals surface area contributed by atoms with Crippen LogP contribution in [0.15, 0.2) is 30.6 Å². The van der Waals surface area contributed by atoms with Crippen LogP contribution >= 0.6 is 0 Å². The molecular weight excluding hydrogens is 323 g/mol. The molecule has 0 aliphatic carbocycles. The molecule has 1 fully saturated rings. The Morgan fingerprint density at radius 1 is 1.44 bits per heavy atom. The fourth-order valence-electron chi connectivity index (χ4n) is 3.21. The van der Waals surface area contributed by atoms with Gasteiger partial charge in [-0.05, 0) is 36.0 Å². The lowest BCUT2D eigenvalue weighted by Gasteiger charge is -2.17. The van der Waals surface area contributed by atoms with Crippen molar-refractivity contribution in [2.75, 3.05) is 13.1 Å². The van der Waals surface area contributed by atoms with Gasteiger partial charge in [-0.2, -0.15) is 5.10 Å². The zero-order valence-electron chi connectivity index (χ0n) is 14.3. The van der Waals surface area contributed by atoms with Gasteiger partial charge in [-0.1, -0.05) is 12.1 Å². The van der Waals surface area contributed by atoms with Crippen LogP contribution in [-0.2, 0) is 26.6 Å². The molecule has 7 heteroatoms. The van der Waals surface area contributed by atoms with E-state index in [9.17, 15) is 9.18 Å². The van der Waals surface area contributed by atoms with Gasteiger partial charge in [0.15, 0.2) is 0 Å². The van der Waals surface area contributed by atoms with Gasteiger partial charge < -0.3 is 15.3 Å². The summed E-state index contributed by atoms with van der Waals surface area (Å²) in [6, 6.07) is 4.47. The Bertz CT molecular complexity index is 746. The number of urea groups is 1. The third-order valence-corrected chi connectivity index (χ3v) is 4.59. The Labute approximate surface area is 146 Å². The van der Waals surface area contributed by atoms with Crippen LogP contribution in [0.4, 0.5) is 9.18 Å². The first-order valence-electron chi connectivity index (χ1n) is 8.43. The number of aliphatic hydroxyl groups is 1. The zero-order chi connectivity index (χ0) is 17.8. The van der Waals surface area contributed by atoms with Gasteiger partial charge in [0.25, 0.3) is 0 Å². The summed E-state index contributed by atoms with van der Waals surface area (Å²) in [5.41, 5.74) is 2.12. The maximum Gasteiger partial charge on any atom is 0.317 e. The lowest BCUT2D eigenvalue weighted by atomic mass is 10.0. The summed E-state index contributed by atoms with van der Waals surface area (Å²) in [7, 11) is 1.90. The van der Waals surface area contributed by atoms with E-state index in [1.54, 1.807) is 15.6 Å². The molecule has 1 aromatic heterocycles. The number of amides is 2. The SMILES string of the molecule is Cn1cc(CC2CCN(C(=O)NCc3ccc(CO)c(F)c3)C2)cn1. The van der Waals surface area contributed by atoms with Crippen LogP contribution in [0, 0.1) is 11.7 Å². The summed E-state index contributed by atoms with van der Waals surface area (Å²) in [5, 5.41) is 16.0. The Balaban J connectivity index is 1.48. The number of aliphatic hydroxyl groups excluding tert-OH is 1. The normalized spacial score (nSPS) is 17.1. The molecule has 25 heavy (non-hydrogen) atoms. The first-order chi connectivity index (χ1) is 12.0. The molecule has 0 radical (unpaired) electrons. The number of nitrogens with one attached hydrogen (secondary N) is 1. The van der Waals surface area contributed by atoms with Crippen molar-refractivity contribution in [1.29, 1.82) is 0 Å². The van der Waals surface area contributed by atoms with Crippen molar-refractivity contribution in [3.8, 4) is 0 Å². The van der Waals surface area contributed by atoms with E-state index >= 15 is 0 Å². The predicted molar refractivity (Wildman–Crippen MR) is 91.2 cm³/mol. The number of rotatable bonds is 5. The van der Waals surface area contributed by atoms with Crippen molar-refractivity contribution >= 4 is 6.03 Å². The largest absolute Gasteiger partial charge is 0.392 e. The third kappa shape index (κ3) is 4.36. The summed E-state index contributed by atoms with van der Waals surface area (Å²) in [4.78, 5) is 14.1. The number of carbonyl (C=O) groups is 1.